The Balaban J connectivity index is 2.50. The highest BCUT2D eigenvalue weighted by Crippen LogP contribution is 2.26. The average molecular weight is 238 g/mol. The minimum atomic E-state index is -4.50. The third kappa shape index (κ3) is 3.63. The van der Waals surface area contributed by atoms with Crippen LogP contribution < -0.4 is 0 Å². The van der Waals surface area contributed by atoms with Crippen LogP contribution in [0.4, 0.5) is 13.2 Å². The van der Waals surface area contributed by atoms with Crippen molar-refractivity contribution in [3.05, 3.63) is 0 Å². The summed E-state index contributed by atoms with van der Waals surface area (Å²) in [4.78, 5) is 1.49. The molecule has 1 heterocycles. The zero-order valence-electron chi connectivity index (χ0n) is 8.57. The lowest BCUT2D eigenvalue weighted by atomic mass is 10.1. The normalized spacial score (nSPS) is 25.1. The van der Waals surface area contributed by atoms with Crippen LogP contribution in [0.5, 0.6) is 0 Å². The maximum Gasteiger partial charge on any atom is 0.405 e. The molecule has 1 aliphatic heterocycles. The van der Waals surface area contributed by atoms with Gasteiger partial charge >= 0.3 is 6.18 Å². The van der Waals surface area contributed by atoms with E-state index in [1.54, 1.807) is 0 Å². The monoisotopic (exact) mass is 238 g/mol. The molecule has 1 saturated heterocycles. The Hall–Kier alpha value is -0.840. The minimum absolute atomic E-state index is 0.222. The molecule has 0 aliphatic carbocycles. The highest BCUT2D eigenvalue weighted by molar-refractivity contribution is 4.91. The van der Waals surface area contributed by atoms with Gasteiger partial charge in [-0.3, -0.25) is 4.90 Å². The molecular weight excluding hydrogens is 225 g/mol. The van der Waals surface area contributed by atoms with E-state index in [0.717, 1.165) is 0 Å². The zero-order valence-corrected chi connectivity index (χ0v) is 8.57. The fourth-order valence-electron chi connectivity index (χ4n) is 1.53. The van der Waals surface area contributed by atoms with E-state index in [9.17, 15) is 13.2 Å². The van der Waals surface area contributed by atoms with Gasteiger partial charge in [-0.2, -0.15) is 18.4 Å². The van der Waals surface area contributed by atoms with Crippen LogP contribution in [-0.2, 0) is 4.74 Å². The van der Waals surface area contributed by atoms with Crippen LogP contribution in [0.25, 0.3) is 0 Å². The topological polar surface area (TPSA) is 56.5 Å². The lowest BCUT2D eigenvalue weighted by Crippen LogP contribution is -2.47. The molecule has 1 rings (SSSR count). The number of nitrogens with zero attached hydrogens (tertiary/aromatic N) is 2. The first-order valence-electron chi connectivity index (χ1n) is 4.88. The second kappa shape index (κ2) is 5.48. The summed E-state index contributed by atoms with van der Waals surface area (Å²) in [6.45, 7) is 0.274. The van der Waals surface area contributed by atoms with Gasteiger partial charge in [0.05, 0.1) is 25.4 Å². The summed E-state index contributed by atoms with van der Waals surface area (Å²) in [6, 6.07) is 1.25. The zero-order chi connectivity index (χ0) is 12.2. The van der Waals surface area contributed by atoms with E-state index in [4.69, 9.17) is 15.1 Å². The van der Waals surface area contributed by atoms with Gasteiger partial charge in [0.2, 0.25) is 0 Å². The summed E-state index contributed by atoms with van der Waals surface area (Å²) in [6.07, 6.45) is -4.96. The Labute approximate surface area is 91.2 Å². The predicted molar refractivity (Wildman–Crippen MR) is 48.4 cm³/mol. The van der Waals surface area contributed by atoms with Crippen molar-refractivity contribution in [1.29, 1.82) is 5.26 Å². The molecule has 4 nitrogen and oxygen atoms in total. The molecule has 2 unspecified atom stereocenters. The lowest BCUT2D eigenvalue weighted by molar-refractivity contribution is -0.167. The SMILES string of the molecule is N#CC(CN1CCOC(CO)C1)C(F)(F)F. The quantitative estimate of drug-likeness (QED) is 0.772. The number of morpholine rings is 1. The molecule has 92 valence electrons. The van der Waals surface area contributed by atoms with E-state index in [-0.39, 0.29) is 26.3 Å². The Morgan fingerprint density at radius 3 is 2.75 bits per heavy atom. The van der Waals surface area contributed by atoms with Gasteiger partial charge in [0, 0.05) is 19.6 Å². The second-order valence-electron chi connectivity index (χ2n) is 3.66. The molecule has 0 aromatic heterocycles. The van der Waals surface area contributed by atoms with E-state index >= 15 is 0 Å². The average Bonchev–Trinajstić information content (AvgIpc) is 2.24. The first-order chi connectivity index (χ1) is 7.47. The smallest absolute Gasteiger partial charge is 0.394 e. The van der Waals surface area contributed by atoms with Gasteiger partial charge in [-0.05, 0) is 0 Å². The highest BCUT2D eigenvalue weighted by atomic mass is 19.4. The number of rotatable bonds is 3. The molecule has 16 heavy (non-hydrogen) atoms. The number of hydrogen-bond donors (Lipinski definition) is 1. The summed E-state index contributed by atoms with van der Waals surface area (Å²) in [7, 11) is 0. The Morgan fingerprint density at radius 1 is 1.56 bits per heavy atom. The largest absolute Gasteiger partial charge is 0.405 e. The molecule has 7 heteroatoms. The van der Waals surface area contributed by atoms with Gasteiger partial charge in [0.15, 0.2) is 5.92 Å². The highest BCUT2D eigenvalue weighted by Gasteiger charge is 2.41. The molecule has 0 spiro atoms. The molecular formula is C9H13F3N2O2. The van der Waals surface area contributed by atoms with E-state index in [0.29, 0.717) is 6.54 Å². The second-order valence-corrected chi connectivity index (χ2v) is 3.66. The van der Waals surface area contributed by atoms with Crippen molar-refractivity contribution in [2.24, 2.45) is 5.92 Å². The third-order valence-corrected chi connectivity index (χ3v) is 2.42. The summed E-state index contributed by atoms with van der Waals surface area (Å²) < 4.78 is 42.1. The molecule has 2 atom stereocenters. The fraction of sp³-hybridized carbons (Fsp3) is 0.889. The van der Waals surface area contributed by atoms with Crippen molar-refractivity contribution >= 4 is 0 Å². The summed E-state index contributed by atoms with van der Waals surface area (Å²) >= 11 is 0. The number of aliphatic hydroxyl groups is 1. The van der Waals surface area contributed by atoms with Crippen LogP contribution in [0.1, 0.15) is 0 Å². The van der Waals surface area contributed by atoms with Crippen molar-refractivity contribution < 1.29 is 23.0 Å². The summed E-state index contributed by atoms with van der Waals surface area (Å²) in [5.41, 5.74) is 0. The Kier molecular flexibility index (Phi) is 4.53. The fourth-order valence-corrected chi connectivity index (χ4v) is 1.53. The predicted octanol–water partition coefficient (Wildman–Crippen LogP) is 0.382. The van der Waals surface area contributed by atoms with Gasteiger partial charge in [-0.1, -0.05) is 0 Å². The van der Waals surface area contributed by atoms with Crippen LogP contribution in [0.15, 0.2) is 0 Å². The minimum Gasteiger partial charge on any atom is -0.394 e. The number of hydrogen-bond acceptors (Lipinski definition) is 4. The van der Waals surface area contributed by atoms with Gasteiger partial charge < -0.3 is 9.84 Å². The first-order valence-corrected chi connectivity index (χ1v) is 4.88. The number of aliphatic hydroxyl groups excluding tert-OH is 1. The van der Waals surface area contributed by atoms with Crippen molar-refractivity contribution in [3.8, 4) is 6.07 Å². The van der Waals surface area contributed by atoms with Crippen molar-refractivity contribution in [2.75, 3.05) is 32.8 Å². The van der Waals surface area contributed by atoms with Crippen LogP contribution in [0.2, 0.25) is 0 Å². The van der Waals surface area contributed by atoms with Crippen LogP contribution in [0, 0.1) is 17.2 Å². The van der Waals surface area contributed by atoms with Gasteiger partial charge in [0.25, 0.3) is 0 Å². The maximum atomic E-state index is 12.3. The first kappa shape index (κ1) is 13.2. The standard InChI is InChI=1S/C9H13F3N2O2/c10-9(11,12)7(3-13)4-14-1-2-16-8(5-14)6-15/h7-8,15H,1-2,4-6H2. The summed E-state index contributed by atoms with van der Waals surface area (Å²) in [5, 5.41) is 17.3. The molecule has 0 bridgehead atoms. The van der Waals surface area contributed by atoms with Crippen molar-refractivity contribution in [1.82, 2.24) is 4.90 Å². The Morgan fingerprint density at radius 2 is 2.25 bits per heavy atom. The molecule has 0 radical (unpaired) electrons. The van der Waals surface area contributed by atoms with E-state index in [1.807, 2.05) is 0 Å². The van der Waals surface area contributed by atoms with Crippen LogP contribution in [0.3, 0.4) is 0 Å². The number of ether oxygens (including phenoxy) is 1. The number of halogens is 3. The van der Waals surface area contributed by atoms with Crippen molar-refractivity contribution in [2.45, 2.75) is 12.3 Å². The molecule has 1 fully saturated rings. The maximum absolute atomic E-state index is 12.3. The molecule has 0 aromatic carbocycles. The van der Waals surface area contributed by atoms with Gasteiger partial charge in [-0.25, -0.2) is 0 Å². The number of alkyl halides is 3. The summed E-state index contributed by atoms with van der Waals surface area (Å²) in [5.74, 6) is -1.98. The third-order valence-electron chi connectivity index (χ3n) is 2.42. The van der Waals surface area contributed by atoms with Crippen LogP contribution in [-0.4, -0.2) is 55.1 Å². The van der Waals surface area contributed by atoms with Gasteiger partial charge in [0.1, 0.15) is 0 Å². The lowest BCUT2D eigenvalue weighted by Gasteiger charge is -2.33. The van der Waals surface area contributed by atoms with E-state index < -0.39 is 18.2 Å². The van der Waals surface area contributed by atoms with Crippen LogP contribution >= 0.6 is 0 Å². The van der Waals surface area contributed by atoms with E-state index in [2.05, 4.69) is 0 Å². The number of nitriles is 1. The van der Waals surface area contributed by atoms with Crippen molar-refractivity contribution in [3.63, 3.8) is 0 Å². The van der Waals surface area contributed by atoms with E-state index in [1.165, 1.54) is 11.0 Å². The molecule has 0 amide bonds. The van der Waals surface area contributed by atoms with Gasteiger partial charge in [-0.15, -0.1) is 0 Å². The molecule has 0 aromatic rings. The molecule has 1 aliphatic rings. The molecule has 1 N–H and O–H groups in total. The molecule has 0 saturated carbocycles. The Bertz CT molecular complexity index is 264.